The van der Waals surface area contributed by atoms with Crippen LogP contribution in [-0.4, -0.2) is 36.8 Å². The minimum atomic E-state index is 0.698. The highest BCUT2D eigenvalue weighted by Crippen LogP contribution is 2.13. The smallest absolute Gasteiger partial charge is 0.128 e. The van der Waals surface area contributed by atoms with Crippen molar-refractivity contribution in [2.24, 2.45) is 5.92 Å². The fourth-order valence-electron chi connectivity index (χ4n) is 2.21. The first kappa shape index (κ1) is 17.1. The summed E-state index contributed by atoms with van der Waals surface area (Å²) in [4.78, 5) is 9.31. The highest BCUT2D eigenvalue weighted by Gasteiger charge is 2.08. The van der Waals surface area contributed by atoms with Gasteiger partial charge in [-0.2, -0.15) is 0 Å². The van der Waals surface area contributed by atoms with E-state index < -0.39 is 0 Å². The summed E-state index contributed by atoms with van der Waals surface area (Å²) >= 11 is 0. The number of aryl methyl sites for hydroxylation is 3. The second-order valence-electron chi connectivity index (χ2n) is 5.71. The van der Waals surface area contributed by atoms with Gasteiger partial charge >= 0.3 is 0 Å². The van der Waals surface area contributed by atoms with E-state index in [0.717, 1.165) is 56.2 Å². The Bertz CT molecular complexity index is 382. The number of methoxy groups -OCH3 is 1. The number of hydrogen-bond donors (Lipinski definition) is 1. The molecular weight excluding hydrogens is 250 g/mol. The van der Waals surface area contributed by atoms with Crippen LogP contribution in [0.3, 0.4) is 0 Å². The number of nitrogens with zero attached hydrogens (tertiary/aromatic N) is 2. The average molecular weight is 279 g/mol. The number of ether oxygens (including phenoxy) is 1. The van der Waals surface area contributed by atoms with Crippen LogP contribution in [0.2, 0.25) is 0 Å². The van der Waals surface area contributed by atoms with Crippen molar-refractivity contribution in [3.63, 3.8) is 0 Å². The van der Waals surface area contributed by atoms with Crippen LogP contribution in [0.5, 0.6) is 0 Å². The molecule has 0 radical (unpaired) electrons. The van der Waals surface area contributed by atoms with Crippen molar-refractivity contribution in [1.82, 2.24) is 15.3 Å². The van der Waals surface area contributed by atoms with E-state index in [1.165, 1.54) is 5.56 Å². The van der Waals surface area contributed by atoms with Gasteiger partial charge in [0.05, 0.1) is 6.61 Å². The van der Waals surface area contributed by atoms with Crippen LogP contribution < -0.4 is 5.32 Å². The Labute approximate surface area is 123 Å². The number of aromatic nitrogens is 2. The maximum Gasteiger partial charge on any atom is 0.128 e. The molecule has 0 saturated carbocycles. The zero-order valence-electron chi connectivity index (χ0n) is 13.6. The third-order valence-electron chi connectivity index (χ3n) is 3.45. The van der Waals surface area contributed by atoms with Crippen LogP contribution in [0.25, 0.3) is 0 Å². The molecule has 0 fully saturated rings. The Morgan fingerprint density at radius 1 is 1.05 bits per heavy atom. The first-order chi connectivity index (χ1) is 9.54. The quantitative estimate of drug-likeness (QED) is 0.705. The van der Waals surface area contributed by atoms with Crippen LogP contribution in [0.4, 0.5) is 0 Å². The van der Waals surface area contributed by atoms with Crippen molar-refractivity contribution >= 4 is 0 Å². The zero-order chi connectivity index (χ0) is 15.0. The first-order valence-corrected chi connectivity index (χ1v) is 7.57. The molecule has 0 saturated heterocycles. The van der Waals surface area contributed by atoms with Crippen molar-refractivity contribution in [3.8, 4) is 0 Å². The van der Waals surface area contributed by atoms with Crippen molar-refractivity contribution < 1.29 is 4.74 Å². The SMILES string of the molecule is COCCNCCc1c(C)nc(CCC(C)C)nc1C. The third-order valence-corrected chi connectivity index (χ3v) is 3.45. The van der Waals surface area contributed by atoms with Gasteiger partial charge in [-0.25, -0.2) is 9.97 Å². The van der Waals surface area contributed by atoms with Gasteiger partial charge in [0, 0.05) is 31.5 Å². The maximum absolute atomic E-state index is 5.02. The molecule has 0 spiro atoms. The lowest BCUT2D eigenvalue weighted by Gasteiger charge is -2.12. The molecule has 20 heavy (non-hydrogen) atoms. The van der Waals surface area contributed by atoms with Crippen LogP contribution >= 0.6 is 0 Å². The fourth-order valence-corrected chi connectivity index (χ4v) is 2.21. The lowest BCUT2D eigenvalue weighted by molar-refractivity contribution is 0.199. The molecule has 0 aliphatic heterocycles. The van der Waals surface area contributed by atoms with Crippen LogP contribution in [-0.2, 0) is 17.6 Å². The van der Waals surface area contributed by atoms with Crippen molar-refractivity contribution in [2.75, 3.05) is 26.8 Å². The summed E-state index contributed by atoms with van der Waals surface area (Å²) in [6.07, 6.45) is 3.11. The van der Waals surface area contributed by atoms with Crippen molar-refractivity contribution in [3.05, 3.63) is 22.8 Å². The van der Waals surface area contributed by atoms with E-state index in [-0.39, 0.29) is 0 Å². The Balaban J connectivity index is 2.55. The standard InChI is InChI=1S/C16H29N3O/c1-12(2)6-7-16-18-13(3)15(14(4)19-16)8-9-17-10-11-20-5/h12,17H,6-11H2,1-5H3. The predicted molar refractivity (Wildman–Crippen MR) is 83.1 cm³/mol. The summed E-state index contributed by atoms with van der Waals surface area (Å²) in [5, 5.41) is 3.36. The largest absolute Gasteiger partial charge is 0.383 e. The topological polar surface area (TPSA) is 47.0 Å². The molecule has 114 valence electrons. The zero-order valence-corrected chi connectivity index (χ0v) is 13.6. The van der Waals surface area contributed by atoms with Gasteiger partial charge in [0.2, 0.25) is 0 Å². The van der Waals surface area contributed by atoms with Crippen molar-refractivity contribution in [2.45, 2.75) is 47.0 Å². The lowest BCUT2D eigenvalue weighted by atomic mass is 10.1. The summed E-state index contributed by atoms with van der Waals surface area (Å²) in [5.41, 5.74) is 3.54. The molecule has 1 aromatic heterocycles. The molecule has 1 aromatic rings. The monoisotopic (exact) mass is 279 g/mol. The first-order valence-electron chi connectivity index (χ1n) is 7.57. The van der Waals surface area contributed by atoms with E-state index in [9.17, 15) is 0 Å². The molecule has 1 rings (SSSR count). The molecule has 0 aliphatic carbocycles. The van der Waals surface area contributed by atoms with Gasteiger partial charge < -0.3 is 10.1 Å². The van der Waals surface area contributed by atoms with Gasteiger partial charge in [0.1, 0.15) is 5.82 Å². The fraction of sp³-hybridized carbons (Fsp3) is 0.750. The Hall–Kier alpha value is -1.00. The molecule has 1 N–H and O–H groups in total. The molecule has 4 heteroatoms. The summed E-state index contributed by atoms with van der Waals surface area (Å²) in [6, 6.07) is 0. The molecule has 0 atom stereocenters. The second-order valence-corrected chi connectivity index (χ2v) is 5.71. The summed E-state index contributed by atoms with van der Waals surface area (Å²) in [6.45, 7) is 11.2. The minimum absolute atomic E-state index is 0.698. The Morgan fingerprint density at radius 3 is 2.25 bits per heavy atom. The summed E-state index contributed by atoms with van der Waals surface area (Å²) < 4.78 is 5.02. The second kappa shape index (κ2) is 9.03. The number of nitrogens with one attached hydrogen (secondary N) is 1. The van der Waals surface area contributed by atoms with E-state index in [2.05, 4.69) is 43.0 Å². The van der Waals surface area contributed by atoms with Crippen LogP contribution in [0.1, 0.15) is 43.0 Å². The van der Waals surface area contributed by atoms with Crippen LogP contribution in [0, 0.1) is 19.8 Å². The molecular formula is C16H29N3O. The van der Waals surface area contributed by atoms with E-state index in [1.54, 1.807) is 7.11 Å². The van der Waals surface area contributed by atoms with Crippen LogP contribution in [0.15, 0.2) is 0 Å². The maximum atomic E-state index is 5.02. The van der Waals surface area contributed by atoms with Gasteiger partial charge in [-0.3, -0.25) is 0 Å². The van der Waals surface area contributed by atoms with E-state index in [1.807, 2.05) is 0 Å². The van der Waals surface area contributed by atoms with Gasteiger partial charge in [0.15, 0.2) is 0 Å². The molecule has 0 unspecified atom stereocenters. The highest BCUT2D eigenvalue weighted by molar-refractivity contribution is 5.24. The summed E-state index contributed by atoms with van der Waals surface area (Å²) in [7, 11) is 1.72. The number of hydrogen-bond acceptors (Lipinski definition) is 4. The molecule has 0 aromatic carbocycles. The molecule has 1 heterocycles. The van der Waals surface area contributed by atoms with Gasteiger partial charge in [0.25, 0.3) is 0 Å². The lowest BCUT2D eigenvalue weighted by Crippen LogP contribution is -2.22. The number of rotatable bonds is 9. The normalized spacial score (nSPS) is 11.3. The van der Waals surface area contributed by atoms with Gasteiger partial charge in [-0.1, -0.05) is 13.8 Å². The highest BCUT2D eigenvalue weighted by atomic mass is 16.5. The molecule has 0 bridgehead atoms. The van der Waals surface area contributed by atoms with E-state index in [0.29, 0.717) is 5.92 Å². The average Bonchev–Trinajstić information content (AvgIpc) is 2.38. The predicted octanol–water partition coefficient (Wildman–Crippen LogP) is 2.46. The summed E-state index contributed by atoms with van der Waals surface area (Å²) in [5.74, 6) is 1.69. The Morgan fingerprint density at radius 2 is 1.70 bits per heavy atom. The minimum Gasteiger partial charge on any atom is -0.383 e. The van der Waals surface area contributed by atoms with Crippen molar-refractivity contribution in [1.29, 1.82) is 0 Å². The van der Waals surface area contributed by atoms with E-state index in [4.69, 9.17) is 4.74 Å². The third kappa shape index (κ3) is 5.97. The molecule has 0 amide bonds. The van der Waals surface area contributed by atoms with Gasteiger partial charge in [-0.05, 0) is 44.7 Å². The molecule has 0 aliphatic rings. The van der Waals surface area contributed by atoms with Gasteiger partial charge in [-0.15, -0.1) is 0 Å². The molecule has 4 nitrogen and oxygen atoms in total. The van der Waals surface area contributed by atoms with E-state index >= 15 is 0 Å². The Kier molecular flexibility index (Phi) is 7.70.